The minimum Gasteiger partial charge on any atom is -0.377 e. The number of hydrogen-bond donors (Lipinski definition) is 1. The van der Waals surface area contributed by atoms with Crippen LogP contribution in [-0.4, -0.2) is 40.1 Å². The molecule has 0 aromatic carbocycles. The summed E-state index contributed by atoms with van der Waals surface area (Å²) in [6, 6.07) is 0.559. The number of aromatic amines is 1. The van der Waals surface area contributed by atoms with Crippen LogP contribution in [0.25, 0.3) is 0 Å². The Morgan fingerprint density at radius 2 is 1.92 bits per heavy atom. The van der Waals surface area contributed by atoms with Gasteiger partial charge < -0.3 is 18.3 Å². The lowest BCUT2D eigenvalue weighted by atomic mass is 10.7. The summed E-state index contributed by atoms with van der Waals surface area (Å²) in [6.07, 6.45) is 3.45. The second-order valence-corrected chi connectivity index (χ2v) is 5.45. The predicted octanol–water partition coefficient (Wildman–Crippen LogP) is 0.369. The number of nitrogens with zero attached hydrogens (tertiary/aromatic N) is 1. The fourth-order valence-corrected chi connectivity index (χ4v) is 2.60. The van der Waals surface area contributed by atoms with Crippen LogP contribution < -0.4 is 0 Å². The molecule has 6 heteroatoms. The van der Waals surface area contributed by atoms with Gasteiger partial charge in [-0.3, -0.25) is 0 Å². The molecule has 0 atom stereocenters. The Hall–Kier alpha value is -0.693. The number of hydrogen-bond acceptors (Lipinski definition) is 4. The van der Waals surface area contributed by atoms with Crippen LogP contribution in [0.4, 0.5) is 0 Å². The third-order valence-electron chi connectivity index (χ3n) is 1.87. The maximum Gasteiger partial charge on any atom is 0.507 e. The molecule has 1 rings (SSSR count). The summed E-state index contributed by atoms with van der Waals surface area (Å²) >= 11 is 0. The Labute approximate surface area is 78.4 Å². The Morgan fingerprint density at radius 3 is 2.31 bits per heavy atom. The van der Waals surface area contributed by atoms with Gasteiger partial charge >= 0.3 is 8.80 Å². The molecule has 0 bridgehead atoms. The maximum atomic E-state index is 5.24. The van der Waals surface area contributed by atoms with Crippen molar-refractivity contribution in [2.75, 3.05) is 21.3 Å². The van der Waals surface area contributed by atoms with Crippen LogP contribution in [-0.2, 0) is 19.3 Å². The standard InChI is InChI=1S/C7H14N2O3Si/c1-10-13(11-2,12-3)6-7-8-4-5-9-7/h4-5H,6H2,1-3H3,(H,8,9). The fourth-order valence-electron chi connectivity index (χ4n) is 1.07. The van der Waals surface area contributed by atoms with E-state index in [1.807, 2.05) is 0 Å². The Balaban J connectivity index is 2.67. The average molecular weight is 202 g/mol. The quantitative estimate of drug-likeness (QED) is 0.701. The summed E-state index contributed by atoms with van der Waals surface area (Å²) < 4.78 is 15.7. The summed E-state index contributed by atoms with van der Waals surface area (Å²) in [5.74, 6) is 0.817. The van der Waals surface area contributed by atoms with Gasteiger partial charge in [0.2, 0.25) is 0 Å². The van der Waals surface area contributed by atoms with Crippen molar-refractivity contribution in [3.8, 4) is 0 Å². The summed E-state index contributed by atoms with van der Waals surface area (Å²) in [4.78, 5) is 7.06. The van der Waals surface area contributed by atoms with Crippen LogP contribution >= 0.6 is 0 Å². The van der Waals surface area contributed by atoms with Gasteiger partial charge in [0.1, 0.15) is 5.82 Å². The third kappa shape index (κ3) is 2.38. The van der Waals surface area contributed by atoms with Crippen LogP contribution in [0.5, 0.6) is 0 Å². The van der Waals surface area contributed by atoms with Crippen LogP contribution in [0.15, 0.2) is 12.4 Å². The third-order valence-corrected chi connectivity index (χ3v) is 4.51. The normalized spacial score (nSPS) is 11.9. The lowest BCUT2D eigenvalue weighted by Crippen LogP contribution is -2.45. The van der Waals surface area contributed by atoms with Crippen molar-refractivity contribution in [2.45, 2.75) is 6.04 Å². The summed E-state index contributed by atoms with van der Waals surface area (Å²) in [5.41, 5.74) is 0. The molecule has 74 valence electrons. The second-order valence-electron chi connectivity index (χ2n) is 2.51. The summed E-state index contributed by atoms with van der Waals surface area (Å²) in [7, 11) is 2.24. The Bertz CT molecular complexity index is 228. The molecule has 0 aliphatic carbocycles. The molecule has 1 aromatic rings. The number of rotatable bonds is 5. The number of aromatic nitrogens is 2. The van der Waals surface area contributed by atoms with Crippen molar-refractivity contribution < 1.29 is 13.3 Å². The van der Waals surface area contributed by atoms with Gasteiger partial charge in [-0.25, -0.2) is 4.98 Å². The first kappa shape index (κ1) is 10.4. The zero-order chi connectivity index (χ0) is 9.73. The van der Waals surface area contributed by atoms with E-state index in [1.54, 1.807) is 33.7 Å². The van der Waals surface area contributed by atoms with Crippen molar-refractivity contribution in [1.29, 1.82) is 0 Å². The highest BCUT2D eigenvalue weighted by Gasteiger charge is 2.38. The van der Waals surface area contributed by atoms with E-state index < -0.39 is 8.80 Å². The predicted molar refractivity (Wildman–Crippen MR) is 49.1 cm³/mol. The van der Waals surface area contributed by atoms with E-state index in [0.717, 1.165) is 5.82 Å². The van der Waals surface area contributed by atoms with Crippen molar-refractivity contribution in [3.63, 3.8) is 0 Å². The van der Waals surface area contributed by atoms with E-state index in [0.29, 0.717) is 6.04 Å². The fraction of sp³-hybridized carbons (Fsp3) is 0.571. The molecule has 0 saturated carbocycles. The van der Waals surface area contributed by atoms with Crippen molar-refractivity contribution >= 4 is 8.80 Å². The number of nitrogens with one attached hydrogen (secondary N) is 1. The highest BCUT2D eigenvalue weighted by Crippen LogP contribution is 2.10. The van der Waals surface area contributed by atoms with Gasteiger partial charge in [0, 0.05) is 33.7 Å². The molecule has 0 aliphatic heterocycles. The van der Waals surface area contributed by atoms with Crippen molar-refractivity contribution in [1.82, 2.24) is 9.97 Å². The number of imidazole rings is 1. The SMILES string of the molecule is CO[Si](Cc1ncc[nH]1)(OC)OC. The second kappa shape index (κ2) is 4.52. The zero-order valence-electron chi connectivity index (χ0n) is 8.03. The van der Waals surface area contributed by atoms with Gasteiger partial charge in [0.25, 0.3) is 0 Å². The van der Waals surface area contributed by atoms with Crippen molar-refractivity contribution in [3.05, 3.63) is 18.2 Å². The zero-order valence-corrected chi connectivity index (χ0v) is 9.03. The Morgan fingerprint density at radius 1 is 1.31 bits per heavy atom. The molecule has 1 aromatic heterocycles. The van der Waals surface area contributed by atoms with Gasteiger partial charge in [0.05, 0.1) is 6.04 Å². The molecular weight excluding hydrogens is 188 g/mol. The first-order chi connectivity index (χ1) is 6.26. The van der Waals surface area contributed by atoms with E-state index >= 15 is 0 Å². The molecule has 13 heavy (non-hydrogen) atoms. The molecule has 0 fully saturated rings. The summed E-state index contributed by atoms with van der Waals surface area (Å²) in [6.45, 7) is 0. The Kier molecular flexibility index (Phi) is 3.61. The van der Waals surface area contributed by atoms with Crippen LogP contribution in [0.3, 0.4) is 0 Å². The van der Waals surface area contributed by atoms with Crippen LogP contribution in [0, 0.1) is 0 Å². The minimum absolute atomic E-state index is 0.559. The molecule has 0 saturated heterocycles. The molecule has 5 nitrogen and oxygen atoms in total. The molecule has 0 amide bonds. The molecule has 1 N–H and O–H groups in total. The highest BCUT2D eigenvalue weighted by atomic mass is 28.4. The molecule has 1 heterocycles. The average Bonchev–Trinajstić information content (AvgIpc) is 2.67. The van der Waals surface area contributed by atoms with Gasteiger partial charge in [0.15, 0.2) is 0 Å². The monoisotopic (exact) mass is 202 g/mol. The van der Waals surface area contributed by atoms with Gasteiger partial charge in [-0.2, -0.15) is 0 Å². The molecule has 0 spiro atoms. The van der Waals surface area contributed by atoms with Gasteiger partial charge in [-0.15, -0.1) is 0 Å². The largest absolute Gasteiger partial charge is 0.507 e. The number of H-pyrrole nitrogens is 1. The lowest BCUT2D eigenvalue weighted by Gasteiger charge is -2.23. The topological polar surface area (TPSA) is 56.4 Å². The highest BCUT2D eigenvalue weighted by molar-refractivity contribution is 6.59. The van der Waals surface area contributed by atoms with E-state index in [9.17, 15) is 0 Å². The molecule has 0 unspecified atom stereocenters. The summed E-state index contributed by atoms with van der Waals surface area (Å²) in [5, 5.41) is 0. The molecule has 0 radical (unpaired) electrons. The first-order valence-electron chi connectivity index (χ1n) is 3.90. The smallest absolute Gasteiger partial charge is 0.377 e. The maximum absolute atomic E-state index is 5.24. The van der Waals surface area contributed by atoms with Crippen molar-refractivity contribution in [2.24, 2.45) is 0 Å². The minimum atomic E-state index is -2.52. The van der Waals surface area contributed by atoms with E-state index in [-0.39, 0.29) is 0 Å². The van der Waals surface area contributed by atoms with E-state index in [1.165, 1.54) is 0 Å². The van der Waals surface area contributed by atoms with Crippen LogP contribution in [0.2, 0.25) is 0 Å². The van der Waals surface area contributed by atoms with Crippen LogP contribution in [0.1, 0.15) is 5.82 Å². The van der Waals surface area contributed by atoms with E-state index in [4.69, 9.17) is 13.3 Å². The molecular formula is C7H14N2O3Si. The lowest BCUT2D eigenvalue weighted by molar-refractivity contribution is 0.122. The molecule has 0 aliphatic rings. The van der Waals surface area contributed by atoms with Gasteiger partial charge in [-0.05, 0) is 0 Å². The first-order valence-corrected chi connectivity index (χ1v) is 5.83. The van der Waals surface area contributed by atoms with E-state index in [2.05, 4.69) is 9.97 Å². The van der Waals surface area contributed by atoms with Gasteiger partial charge in [-0.1, -0.05) is 0 Å².